The summed E-state index contributed by atoms with van der Waals surface area (Å²) in [6.45, 7) is 1.02. The molecule has 0 radical (unpaired) electrons. The number of carbonyl (C=O) groups excluding carboxylic acids is 3. The van der Waals surface area contributed by atoms with Crippen molar-refractivity contribution in [1.29, 1.82) is 0 Å². The SMILES string of the molecule is CN(C)CCN1C(=O)C[C@@](CC(=O)N(C)Cc2ccc(F)cc2)(c2ccccc2Cl)C1=O. The maximum atomic E-state index is 13.6. The third kappa shape index (κ3) is 5.00. The fourth-order valence-electron chi connectivity index (χ4n) is 3.97. The van der Waals surface area contributed by atoms with Crippen molar-refractivity contribution in [3.05, 3.63) is 70.5 Å². The van der Waals surface area contributed by atoms with Gasteiger partial charge in [-0.25, -0.2) is 4.39 Å². The molecule has 0 aliphatic carbocycles. The van der Waals surface area contributed by atoms with E-state index < -0.39 is 11.3 Å². The van der Waals surface area contributed by atoms with Crippen LogP contribution in [0.2, 0.25) is 5.02 Å². The first-order chi connectivity index (χ1) is 15.1. The number of carbonyl (C=O) groups is 3. The topological polar surface area (TPSA) is 60.9 Å². The zero-order valence-electron chi connectivity index (χ0n) is 18.5. The van der Waals surface area contributed by atoms with E-state index in [1.807, 2.05) is 19.0 Å². The summed E-state index contributed by atoms with van der Waals surface area (Å²) in [6.07, 6.45) is -0.295. The second-order valence-electron chi connectivity index (χ2n) is 8.45. The van der Waals surface area contributed by atoms with Crippen molar-refractivity contribution in [3.8, 4) is 0 Å². The highest BCUT2D eigenvalue weighted by Gasteiger charge is 2.54. The Bertz CT molecular complexity index is 1010. The summed E-state index contributed by atoms with van der Waals surface area (Å²) < 4.78 is 13.2. The van der Waals surface area contributed by atoms with Crippen molar-refractivity contribution in [3.63, 3.8) is 0 Å². The number of rotatable bonds is 8. The molecule has 2 aromatic rings. The quantitative estimate of drug-likeness (QED) is 0.569. The molecular weight excluding hydrogens is 433 g/mol. The number of amides is 3. The van der Waals surface area contributed by atoms with Crippen molar-refractivity contribution in [1.82, 2.24) is 14.7 Å². The minimum atomic E-state index is -1.35. The lowest BCUT2D eigenvalue weighted by atomic mass is 9.75. The van der Waals surface area contributed by atoms with Crippen LogP contribution < -0.4 is 0 Å². The number of likely N-dealkylation sites (N-methyl/N-ethyl adjacent to an activating group) is 1. The zero-order chi connectivity index (χ0) is 23.5. The average Bonchev–Trinajstić information content (AvgIpc) is 2.98. The monoisotopic (exact) mass is 459 g/mol. The maximum Gasteiger partial charge on any atom is 0.240 e. The molecule has 3 rings (SSSR count). The molecule has 1 fully saturated rings. The number of halogens is 2. The Labute approximate surface area is 192 Å². The molecule has 32 heavy (non-hydrogen) atoms. The molecule has 0 aromatic heterocycles. The molecule has 0 saturated carbocycles. The summed E-state index contributed by atoms with van der Waals surface area (Å²) in [4.78, 5) is 44.2. The van der Waals surface area contributed by atoms with Gasteiger partial charge in [0.15, 0.2) is 0 Å². The number of imide groups is 1. The molecule has 3 amide bonds. The maximum absolute atomic E-state index is 13.6. The second kappa shape index (κ2) is 9.79. The van der Waals surface area contributed by atoms with E-state index in [4.69, 9.17) is 11.6 Å². The van der Waals surface area contributed by atoms with Gasteiger partial charge in [0.05, 0.1) is 5.41 Å². The number of nitrogens with zero attached hydrogens (tertiary/aromatic N) is 3. The summed E-state index contributed by atoms with van der Waals surface area (Å²) in [5.74, 6) is -1.37. The highest BCUT2D eigenvalue weighted by molar-refractivity contribution is 6.32. The standard InChI is InChI=1S/C24H27ClFN3O3/c1-27(2)12-13-29-22(31)15-24(23(29)32,19-6-4-5-7-20(19)25)14-21(30)28(3)16-17-8-10-18(26)11-9-17/h4-11H,12-16H2,1-3H3/t24-/m0/s1. The zero-order valence-corrected chi connectivity index (χ0v) is 19.2. The van der Waals surface area contributed by atoms with Gasteiger partial charge < -0.3 is 9.80 Å². The van der Waals surface area contributed by atoms with Gasteiger partial charge in [-0.1, -0.05) is 41.9 Å². The van der Waals surface area contributed by atoms with Gasteiger partial charge in [-0.2, -0.15) is 0 Å². The van der Waals surface area contributed by atoms with Crippen LogP contribution in [0.25, 0.3) is 0 Å². The van der Waals surface area contributed by atoms with E-state index >= 15 is 0 Å². The lowest BCUT2D eigenvalue weighted by Crippen LogP contribution is -2.44. The van der Waals surface area contributed by atoms with Gasteiger partial charge in [0, 0.05) is 44.5 Å². The van der Waals surface area contributed by atoms with Crippen LogP contribution in [0.3, 0.4) is 0 Å². The van der Waals surface area contributed by atoms with Crippen LogP contribution in [0.5, 0.6) is 0 Å². The van der Waals surface area contributed by atoms with Crippen molar-refractivity contribution < 1.29 is 18.8 Å². The van der Waals surface area contributed by atoms with Crippen LogP contribution in [-0.4, -0.2) is 66.7 Å². The van der Waals surface area contributed by atoms with Crippen LogP contribution in [-0.2, 0) is 26.3 Å². The minimum Gasteiger partial charge on any atom is -0.341 e. The van der Waals surface area contributed by atoms with Gasteiger partial charge in [-0.15, -0.1) is 0 Å². The molecular formula is C24H27ClFN3O3. The number of hydrogen-bond donors (Lipinski definition) is 0. The van der Waals surface area contributed by atoms with Gasteiger partial charge >= 0.3 is 0 Å². The lowest BCUT2D eigenvalue weighted by molar-refractivity contribution is -0.142. The molecule has 0 spiro atoms. The van der Waals surface area contributed by atoms with Gasteiger partial charge in [-0.3, -0.25) is 19.3 Å². The largest absolute Gasteiger partial charge is 0.341 e. The molecule has 1 atom stereocenters. The average molecular weight is 460 g/mol. The van der Waals surface area contributed by atoms with Crippen molar-refractivity contribution in [2.24, 2.45) is 0 Å². The first-order valence-corrected chi connectivity index (χ1v) is 10.7. The molecule has 0 unspecified atom stereocenters. The first-order valence-electron chi connectivity index (χ1n) is 10.4. The summed E-state index contributed by atoms with van der Waals surface area (Å²) in [6, 6.07) is 12.7. The van der Waals surface area contributed by atoms with E-state index in [9.17, 15) is 18.8 Å². The summed E-state index contributed by atoms with van der Waals surface area (Å²) in [5.41, 5.74) is -0.109. The molecule has 1 aliphatic heterocycles. The third-order valence-electron chi connectivity index (χ3n) is 5.78. The van der Waals surface area contributed by atoms with Gasteiger partial charge in [0.1, 0.15) is 5.82 Å². The second-order valence-corrected chi connectivity index (χ2v) is 8.85. The Morgan fingerprint density at radius 2 is 1.75 bits per heavy atom. The van der Waals surface area contributed by atoms with E-state index in [1.54, 1.807) is 43.4 Å². The van der Waals surface area contributed by atoms with E-state index in [-0.39, 0.29) is 43.6 Å². The Balaban J connectivity index is 1.89. The molecule has 0 bridgehead atoms. The highest BCUT2D eigenvalue weighted by Crippen LogP contribution is 2.43. The normalized spacial score (nSPS) is 18.5. The van der Waals surface area contributed by atoms with Crippen LogP contribution in [0.1, 0.15) is 24.0 Å². The van der Waals surface area contributed by atoms with Crippen LogP contribution in [0.15, 0.2) is 48.5 Å². The first kappa shape index (κ1) is 23.9. The van der Waals surface area contributed by atoms with E-state index in [2.05, 4.69) is 0 Å². The summed E-state index contributed by atoms with van der Waals surface area (Å²) >= 11 is 6.44. The number of benzene rings is 2. The molecule has 170 valence electrons. The van der Waals surface area contributed by atoms with Gasteiger partial charge in [0.25, 0.3) is 0 Å². The molecule has 0 N–H and O–H groups in total. The predicted molar refractivity (Wildman–Crippen MR) is 121 cm³/mol. The van der Waals surface area contributed by atoms with Crippen molar-refractivity contribution in [2.45, 2.75) is 24.8 Å². The summed E-state index contributed by atoms with van der Waals surface area (Å²) in [7, 11) is 5.34. The smallest absolute Gasteiger partial charge is 0.240 e. The van der Waals surface area contributed by atoms with E-state index in [0.717, 1.165) is 5.56 Å². The lowest BCUT2D eigenvalue weighted by Gasteiger charge is -2.30. The van der Waals surface area contributed by atoms with E-state index in [0.29, 0.717) is 17.1 Å². The Kier molecular flexibility index (Phi) is 7.31. The van der Waals surface area contributed by atoms with Gasteiger partial charge in [0.2, 0.25) is 17.7 Å². The van der Waals surface area contributed by atoms with Crippen LogP contribution >= 0.6 is 11.6 Å². The Morgan fingerprint density at radius 1 is 1.09 bits per heavy atom. The molecule has 1 saturated heterocycles. The van der Waals surface area contributed by atoms with Crippen molar-refractivity contribution in [2.75, 3.05) is 34.2 Å². The number of hydrogen-bond acceptors (Lipinski definition) is 4. The molecule has 2 aromatic carbocycles. The fraction of sp³-hybridized carbons (Fsp3) is 0.375. The summed E-state index contributed by atoms with van der Waals surface area (Å²) in [5, 5.41) is 0.345. The minimum absolute atomic E-state index is 0.112. The van der Waals surface area contributed by atoms with Gasteiger partial charge in [-0.05, 0) is 43.4 Å². The third-order valence-corrected chi connectivity index (χ3v) is 6.11. The van der Waals surface area contributed by atoms with Crippen LogP contribution in [0, 0.1) is 5.82 Å². The molecule has 1 heterocycles. The molecule has 1 aliphatic rings. The van der Waals surface area contributed by atoms with E-state index in [1.165, 1.54) is 21.9 Å². The highest BCUT2D eigenvalue weighted by atomic mass is 35.5. The fourth-order valence-corrected chi connectivity index (χ4v) is 4.28. The molecule has 6 nitrogen and oxygen atoms in total. The van der Waals surface area contributed by atoms with Crippen LogP contribution in [0.4, 0.5) is 4.39 Å². The van der Waals surface area contributed by atoms with Crippen molar-refractivity contribution >= 4 is 29.3 Å². The predicted octanol–water partition coefficient (Wildman–Crippen LogP) is 3.09. The molecule has 8 heteroatoms. The number of likely N-dealkylation sites (tertiary alicyclic amines) is 1. The Hall–Kier alpha value is -2.77. The Morgan fingerprint density at radius 3 is 2.38 bits per heavy atom.